The number of aliphatic hydroxyl groups excluding tert-OH is 1. The summed E-state index contributed by atoms with van der Waals surface area (Å²) in [6.07, 6.45) is -0.525. The van der Waals surface area contributed by atoms with Gasteiger partial charge in [-0.15, -0.1) is 0 Å². The van der Waals surface area contributed by atoms with Crippen LogP contribution in [0, 0.1) is 5.92 Å². The molecule has 0 fully saturated rings. The van der Waals surface area contributed by atoms with Gasteiger partial charge in [-0.3, -0.25) is 19.2 Å². The van der Waals surface area contributed by atoms with Gasteiger partial charge in [0, 0.05) is 0 Å². The number of hydrogen-bond donors (Lipinski definition) is 8. The third-order valence-corrected chi connectivity index (χ3v) is 4.72. The number of primary amides is 1. The predicted octanol–water partition coefficient (Wildman–Crippen LogP) is -2.72. The van der Waals surface area contributed by atoms with Crippen molar-refractivity contribution in [3.05, 3.63) is 0 Å². The van der Waals surface area contributed by atoms with E-state index in [4.69, 9.17) is 17.2 Å². The minimum atomic E-state index is -1.58. The summed E-state index contributed by atoms with van der Waals surface area (Å²) in [5, 5.41) is 26.2. The van der Waals surface area contributed by atoms with Crippen LogP contribution in [0.15, 0.2) is 0 Å². The minimum Gasteiger partial charge on any atom is -0.480 e. The topological polar surface area (TPSA) is 240 Å². The SMILES string of the molecule is CC(C)CC(N)C(=O)NC(C(=O)NC(CCCCN)C(=O)NC(CC(N)=O)C(=O)O)C(C)O. The minimum absolute atomic E-state index is 0.102. The molecule has 33 heavy (non-hydrogen) atoms. The van der Waals surface area contributed by atoms with Crippen LogP contribution in [0.1, 0.15) is 52.9 Å². The van der Waals surface area contributed by atoms with E-state index in [0.29, 0.717) is 25.8 Å². The Balaban J connectivity index is 5.45. The Morgan fingerprint density at radius 3 is 1.91 bits per heavy atom. The molecular formula is C20H38N6O7. The fourth-order valence-electron chi connectivity index (χ4n) is 2.98. The van der Waals surface area contributed by atoms with Crippen molar-refractivity contribution in [2.45, 2.75) is 83.1 Å². The Bertz CT molecular complexity index is 686. The number of aliphatic hydroxyl groups is 1. The van der Waals surface area contributed by atoms with Gasteiger partial charge in [-0.05, 0) is 45.1 Å². The third-order valence-electron chi connectivity index (χ3n) is 4.72. The molecule has 0 aromatic heterocycles. The molecule has 0 heterocycles. The second-order valence-electron chi connectivity index (χ2n) is 8.38. The zero-order chi connectivity index (χ0) is 25.7. The standard InChI is InChI=1S/C20H38N6O7/c1-10(2)8-12(22)17(29)26-16(11(3)27)19(31)24-13(6-4-5-7-21)18(30)25-14(20(32)33)9-15(23)28/h10-14,16,27H,4-9,21-22H2,1-3H3,(H2,23,28)(H,24,31)(H,25,30)(H,26,29)(H,32,33). The normalized spacial score (nSPS) is 15.6. The fourth-order valence-corrected chi connectivity index (χ4v) is 2.98. The van der Waals surface area contributed by atoms with Gasteiger partial charge in [0.05, 0.1) is 18.6 Å². The van der Waals surface area contributed by atoms with Crippen molar-refractivity contribution in [1.82, 2.24) is 16.0 Å². The van der Waals surface area contributed by atoms with Gasteiger partial charge in [-0.25, -0.2) is 4.79 Å². The first-order chi connectivity index (χ1) is 15.3. The first-order valence-corrected chi connectivity index (χ1v) is 10.9. The van der Waals surface area contributed by atoms with Crippen molar-refractivity contribution >= 4 is 29.6 Å². The lowest BCUT2D eigenvalue weighted by Crippen LogP contribution is -2.60. The van der Waals surface area contributed by atoms with Crippen LogP contribution in [0.4, 0.5) is 0 Å². The number of amides is 4. The van der Waals surface area contributed by atoms with Crippen molar-refractivity contribution in [3.63, 3.8) is 0 Å². The highest BCUT2D eigenvalue weighted by Crippen LogP contribution is 2.06. The van der Waals surface area contributed by atoms with Crippen molar-refractivity contribution in [1.29, 1.82) is 0 Å². The van der Waals surface area contributed by atoms with Gasteiger partial charge in [0.15, 0.2) is 0 Å². The van der Waals surface area contributed by atoms with E-state index in [-0.39, 0.29) is 12.3 Å². The van der Waals surface area contributed by atoms with E-state index in [1.165, 1.54) is 6.92 Å². The molecule has 0 bridgehead atoms. The van der Waals surface area contributed by atoms with E-state index in [2.05, 4.69) is 16.0 Å². The number of carboxylic acids is 1. The molecule has 0 rings (SSSR count). The van der Waals surface area contributed by atoms with Crippen LogP contribution in [0.5, 0.6) is 0 Å². The van der Waals surface area contributed by atoms with Crippen LogP contribution in [-0.4, -0.2) is 76.6 Å². The van der Waals surface area contributed by atoms with Crippen LogP contribution in [0.2, 0.25) is 0 Å². The second-order valence-corrected chi connectivity index (χ2v) is 8.38. The lowest BCUT2D eigenvalue weighted by molar-refractivity contribution is -0.144. The first-order valence-electron chi connectivity index (χ1n) is 10.9. The average Bonchev–Trinajstić information content (AvgIpc) is 2.69. The zero-order valence-corrected chi connectivity index (χ0v) is 19.4. The number of unbranched alkanes of at least 4 members (excludes halogenated alkanes) is 1. The van der Waals surface area contributed by atoms with Gasteiger partial charge in [-0.2, -0.15) is 0 Å². The Labute approximate surface area is 193 Å². The second kappa shape index (κ2) is 15.1. The molecular weight excluding hydrogens is 436 g/mol. The van der Waals surface area contributed by atoms with Crippen LogP contribution in [-0.2, 0) is 24.0 Å². The van der Waals surface area contributed by atoms with E-state index in [0.717, 1.165) is 0 Å². The maximum absolute atomic E-state index is 12.8. The maximum Gasteiger partial charge on any atom is 0.326 e. The highest BCUT2D eigenvalue weighted by atomic mass is 16.4. The molecule has 0 aromatic carbocycles. The lowest BCUT2D eigenvalue weighted by atomic mass is 10.0. The van der Waals surface area contributed by atoms with E-state index in [9.17, 15) is 34.2 Å². The zero-order valence-electron chi connectivity index (χ0n) is 19.4. The molecule has 190 valence electrons. The molecule has 4 amide bonds. The number of carbonyl (C=O) groups is 5. The Morgan fingerprint density at radius 1 is 0.879 bits per heavy atom. The van der Waals surface area contributed by atoms with Gasteiger partial charge in [0.1, 0.15) is 18.1 Å². The van der Waals surface area contributed by atoms with Crippen LogP contribution in [0.25, 0.3) is 0 Å². The summed E-state index contributed by atoms with van der Waals surface area (Å²) < 4.78 is 0. The van der Waals surface area contributed by atoms with E-state index in [1.807, 2.05) is 13.8 Å². The largest absolute Gasteiger partial charge is 0.480 e. The molecule has 0 saturated heterocycles. The molecule has 11 N–H and O–H groups in total. The number of nitrogens with one attached hydrogen (secondary N) is 3. The predicted molar refractivity (Wildman–Crippen MR) is 119 cm³/mol. The number of aliphatic carboxylic acids is 1. The molecule has 0 saturated carbocycles. The molecule has 13 nitrogen and oxygen atoms in total. The molecule has 0 aliphatic heterocycles. The van der Waals surface area contributed by atoms with Crippen LogP contribution >= 0.6 is 0 Å². The summed E-state index contributed by atoms with van der Waals surface area (Å²) in [5.41, 5.74) is 16.3. The number of hydrogen-bond acceptors (Lipinski definition) is 8. The molecule has 0 aromatic rings. The Morgan fingerprint density at radius 2 is 1.45 bits per heavy atom. The molecule has 0 aliphatic rings. The number of carboxylic acid groups (broad SMARTS) is 1. The highest BCUT2D eigenvalue weighted by Gasteiger charge is 2.32. The number of carbonyl (C=O) groups excluding carboxylic acids is 4. The summed E-state index contributed by atoms with van der Waals surface area (Å²) in [6.45, 7) is 5.37. The molecule has 0 spiro atoms. The van der Waals surface area contributed by atoms with Crippen LogP contribution in [0.3, 0.4) is 0 Å². The average molecular weight is 475 g/mol. The van der Waals surface area contributed by atoms with Gasteiger partial charge < -0.3 is 43.4 Å². The summed E-state index contributed by atoms with van der Waals surface area (Å²) in [6, 6.07) is -5.08. The smallest absolute Gasteiger partial charge is 0.326 e. The van der Waals surface area contributed by atoms with Crippen molar-refractivity contribution in [2.75, 3.05) is 6.54 Å². The molecule has 5 unspecified atom stereocenters. The Hall–Kier alpha value is -2.77. The van der Waals surface area contributed by atoms with Crippen molar-refractivity contribution in [3.8, 4) is 0 Å². The first kappa shape index (κ1) is 30.2. The third kappa shape index (κ3) is 12.2. The maximum atomic E-state index is 12.8. The summed E-state index contributed by atoms with van der Waals surface area (Å²) >= 11 is 0. The van der Waals surface area contributed by atoms with Gasteiger partial charge in [-0.1, -0.05) is 13.8 Å². The molecule has 0 aliphatic carbocycles. The summed E-state index contributed by atoms with van der Waals surface area (Å²) in [5.74, 6) is -4.63. The monoisotopic (exact) mass is 474 g/mol. The molecule has 13 heteroatoms. The molecule has 5 atom stereocenters. The van der Waals surface area contributed by atoms with Gasteiger partial charge in [0.2, 0.25) is 23.6 Å². The van der Waals surface area contributed by atoms with Gasteiger partial charge >= 0.3 is 5.97 Å². The van der Waals surface area contributed by atoms with Crippen molar-refractivity contribution < 1.29 is 34.2 Å². The van der Waals surface area contributed by atoms with E-state index in [1.54, 1.807) is 0 Å². The Kier molecular flexibility index (Phi) is 13.9. The summed E-state index contributed by atoms with van der Waals surface area (Å²) in [7, 11) is 0. The highest BCUT2D eigenvalue weighted by molar-refractivity contribution is 5.95. The van der Waals surface area contributed by atoms with E-state index >= 15 is 0 Å². The van der Waals surface area contributed by atoms with Crippen LogP contribution < -0.4 is 33.2 Å². The van der Waals surface area contributed by atoms with Crippen molar-refractivity contribution in [2.24, 2.45) is 23.1 Å². The number of rotatable bonds is 16. The molecule has 0 radical (unpaired) electrons. The van der Waals surface area contributed by atoms with Gasteiger partial charge in [0.25, 0.3) is 0 Å². The number of nitrogens with two attached hydrogens (primary N) is 3. The van der Waals surface area contributed by atoms with E-state index < -0.39 is 66.3 Å². The fraction of sp³-hybridized carbons (Fsp3) is 0.750. The quantitative estimate of drug-likeness (QED) is 0.108. The lowest BCUT2D eigenvalue weighted by Gasteiger charge is -2.26. The summed E-state index contributed by atoms with van der Waals surface area (Å²) in [4.78, 5) is 60.2.